The maximum absolute atomic E-state index is 15.1. The zero-order chi connectivity index (χ0) is 30.2. The number of benzene rings is 3. The van der Waals surface area contributed by atoms with Gasteiger partial charge in [0.25, 0.3) is 0 Å². The van der Waals surface area contributed by atoms with Gasteiger partial charge < -0.3 is 30.2 Å². The molecule has 224 valence electrons. The number of methoxy groups -OCH3 is 1. The molecule has 9 nitrogen and oxygen atoms in total. The van der Waals surface area contributed by atoms with Gasteiger partial charge >= 0.3 is 11.8 Å². The monoisotopic (exact) mass is 586 g/mol. The molecule has 1 unspecified atom stereocenters. The quantitative estimate of drug-likeness (QED) is 0.213. The average molecular weight is 587 g/mol. The van der Waals surface area contributed by atoms with Crippen molar-refractivity contribution in [1.82, 2.24) is 15.6 Å². The number of hydrogen-bond donors (Lipinski definition) is 3. The summed E-state index contributed by atoms with van der Waals surface area (Å²) in [5, 5.41) is 9.02. The zero-order valence-corrected chi connectivity index (χ0v) is 24.2. The van der Waals surface area contributed by atoms with Gasteiger partial charge in [-0.2, -0.15) is 0 Å². The molecule has 1 aliphatic heterocycles. The highest BCUT2D eigenvalue weighted by Gasteiger charge is 2.21. The molecule has 0 bridgehead atoms. The molecule has 43 heavy (non-hydrogen) atoms. The van der Waals surface area contributed by atoms with Gasteiger partial charge in [0.2, 0.25) is 0 Å². The van der Waals surface area contributed by atoms with E-state index < -0.39 is 17.6 Å². The predicted octanol–water partition coefficient (Wildman–Crippen LogP) is 5.41. The Morgan fingerprint density at radius 2 is 1.79 bits per heavy atom. The van der Waals surface area contributed by atoms with Crippen LogP contribution in [0.5, 0.6) is 23.0 Å². The number of fused-ring (bicyclic) bond motifs is 1. The summed E-state index contributed by atoms with van der Waals surface area (Å²) in [4.78, 5) is 29.8. The van der Waals surface area contributed by atoms with Crippen LogP contribution in [0, 0.1) is 11.7 Å². The summed E-state index contributed by atoms with van der Waals surface area (Å²) in [6, 6.07) is 18.8. The van der Waals surface area contributed by atoms with Crippen LogP contribution in [0.4, 0.5) is 10.1 Å². The van der Waals surface area contributed by atoms with E-state index in [2.05, 4.69) is 20.9 Å². The molecule has 10 heteroatoms. The van der Waals surface area contributed by atoms with E-state index in [1.165, 1.54) is 18.2 Å². The Morgan fingerprint density at radius 3 is 2.56 bits per heavy atom. The van der Waals surface area contributed by atoms with Gasteiger partial charge in [0.05, 0.1) is 24.9 Å². The van der Waals surface area contributed by atoms with Gasteiger partial charge in [-0.05, 0) is 67.6 Å². The van der Waals surface area contributed by atoms with Crippen LogP contribution in [0.1, 0.15) is 31.2 Å². The normalized spacial score (nSPS) is 14.1. The molecule has 0 radical (unpaired) electrons. The second-order valence-corrected chi connectivity index (χ2v) is 10.5. The minimum Gasteiger partial charge on any atom is -0.493 e. The van der Waals surface area contributed by atoms with Crippen LogP contribution in [0.25, 0.3) is 10.9 Å². The standard InChI is InChI=1S/C33H35FN4O5/c1-21(23-7-4-3-5-8-23)19-37-32(39)33(40)38-26-10-6-9-25(34)31(26)43-28-13-16-36-27-18-30(29(41-2)17-24(27)28)42-20-22-11-14-35-15-12-22/h3-10,13,16-18,21-22,35H,11-12,14-15,19-20H2,1-2H3,(H,37,39)(H,38,40). The van der Waals surface area contributed by atoms with E-state index in [0.29, 0.717) is 34.9 Å². The number of nitrogens with one attached hydrogen (secondary N) is 3. The second-order valence-electron chi connectivity index (χ2n) is 10.5. The minimum absolute atomic E-state index is 0.00143. The molecule has 1 aliphatic rings. The molecule has 2 amide bonds. The fourth-order valence-electron chi connectivity index (χ4n) is 4.97. The van der Waals surface area contributed by atoms with Gasteiger partial charge in [-0.1, -0.05) is 43.3 Å². The highest BCUT2D eigenvalue weighted by Crippen LogP contribution is 2.39. The van der Waals surface area contributed by atoms with Crippen LogP contribution in [0.3, 0.4) is 0 Å². The first-order chi connectivity index (χ1) is 20.9. The molecule has 1 atom stereocenters. The van der Waals surface area contributed by atoms with Crippen molar-refractivity contribution in [3.63, 3.8) is 0 Å². The van der Waals surface area contributed by atoms with Gasteiger partial charge in [-0.3, -0.25) is 14.6 Å². The molecular formula is C33H35FN4O5. The Labute approximate surface area is 249 Å². The Balaban J connectivity index is 1.31. The molecule has 0 saturated carbocycles. The van der Waals surface area contributed by atoms with Crippen molar-refractivity contribution in [3.05, 3.63) is 84.3 Å². The second kappa shape index (κ2) is 14.0. The summed E-state index contributed by atoms with van der Waals surface area (Å²) < 4.78 is 32.8. The van der Waals surface area contributed by atoms with E-state index in [4.69, 9.17) is 14.2 Å². The number of carbonyl (C=O) groups is 2. The van der Waals surface area contributed by atoms with Crippen LogP contribution in [0.2, 0.25) is 0 Å². The number of carbonyl (C=O) groups excluding carboxylic acids is 2. The summed E-state index contributed by atoms with van der Waals surface area (Å²) in [6.07, 6.45) is 3.63. The van der Waals surface area contributed by atoms with E-state index >= 15 is 4.39 Å². The third-order valence-corrected chi connectivity index (χ3v) is 7.49. The van der Waals surface area contributed by atoms with Crippen molar-refractivity contribution in [2.75, 3.05) is 38.7 Å². The highest BCUT2D eigenvalue weighted by atomic mass is 19.1. The maximum Gasteiger partial charge on any atom is 0.313 e. The SMILES string of the molecule is COc1cc2c(Oc3c(F)cccc3NC(=O)C(=O)NCC(C)c3ccccc3)ccnc2cc1OCC1CCNCC1. The van der Waals surface area contributed by atoms with Gasteiger partial charge in [0.1, 0.15) is 5.75 Å². The number of para-hydroxylation sites is 1. The Kier molecular flexibility index (Phi) is 9.68. The largest absolute Gasteiger partial charge is 0.493 e. The molecule has 1 saturated heterocycles. The van der Waals surface area contributed by atoms with Crippen LogP contribution >= 0.6 is 0 Å². The van der Waals surface area contributed by atoms with Gasteiger partial charge in [0.15, 0.2) is 23.1 Å². The fourth-order valence-corrected chi connectivity index (χ4v) is 4.97. The first-order valence-corrected chi connectivity index (χ1v) is 14.3. The lowest BCUT2D eigenvalue weighted by Crippen LogP contribution is -2.37. The van der Waals surface area contributed by atoms with Crippen LogP contribution < -0.4 is 30.2 Å². The fraction of sp³-hybridized carbons (Fsp3) is 0.303. The number of rotatable bonds is 10. The Morgan fingerprint density at radius 1 is 1.00 bits per heavy atom. The van der Waals surface area contributed by atoms with Gasteiger partial charge in [-0.25, -0.2) is 4.39 Å². The lowest BCUT2D eigenvalue weighted by Gasteiger charge is -2.23. The van der Waals surface area contributed by atoms with Crippen LogP contribution in [-0.2, 0) is 9.59 Å². The number of aromatic nitrogens is 1. The molecule has 1 fully saturated rings. The van der Waals surface area contributed by atoms with Crippen LogP contribution in [-0.4, -0.2) is 50.1 Å². The van der Waals surface area contributed by atoms with E-state index in [-0.39, 0.29) is 29.6 Å². The molecule has 0 spiro atoms. The Bertz CT molecular complexity index is 1580. The summed E-state index contributed by atoms with van der Waals surface area (Å²) >= 11 is 0. The summed E-state index contributed by atoms with van der Waals surface area (Å²) in [5.41, 5.74) is 1.60. The number of hydrogen-bond acceptors (Lipinski definition) is 7. The molecule has 5 rings (SSSR count). The summed E-state index contributed by atoms with van der Waals surface area (Å²) in [5.74, 6) is -0.940. The van der Waals surface area contributed by atoms with Crippen molar-refractivity contribution in [2.45, 2.75) is 25.7 Å². The first kappa shape index (κ1) is 29.8. The van der Waals surface area contributed by atoms with Crippen molar-refractivity contribution in [2.24, 2.45) is 5.92 Å². The van der Waals surface area contributed by atoms with E-state index in [0.717, 1.165) is 31.5 Å². The maximum atomic E-state index is 15.1. The number of ether oxygens (including phenoxy) is 3. The molecule has 3 N–H and O–H groups in total. The summed E-state index contributed by atoms with van der Waals surface area (Å²) in [7, 11) is 1.55. The van der Waals surface area contributed by atoms with Gasteiger partial charge in [-0.15, -0.1) is 0 Å². The Hall–Kier alpha value is -4.70. The molecule has 3 aromatic carbocycles. The number of nitrogens with zero attached hydrogens (tertiary/aromatic N) is 1. The number of anilines is 1. The topological polar surface area (TPSA) is 111 Å². The minimum atomic E-state index is -0.937. The highest BCUT2D eigenvalue weighted by molar-refractivity contribution is 6.39. The van der Waals surface area contributed by atoms with Crippen molar-refractivity contribution < 1.29 is 28.2 Å². The molecule has 1 aromatic heterocycles. The van der Waals surface area contributed by atoms with Crippen molar-refractivity contribution in [1.29, 1.82) is 0 Å². The van der Waals surface area contributed by atoms with Crippen LogP contribution in [0.15, 0.2) is 72.9 Å². The molecule has 4 aromatic rings. The average Bonchev–Trinajstić information content (AvgIpc) is 3.04. The van der Waals surface area contributed by atoms with E-state index in [1.807, 2.05) is 37.3 Å². The molecule has 0 aliphatic carbocycles. The predicted molar refractivity (Wildman–Crippen MR) is 162 cm³/mol. The lowest BCUT2D eigenvalue weighted by molar-refractivity contribution is -0.136. The number of halogens is 1. The first-order valence-electron chi connectivity index (χ1n) is 14.3. The van der Waals surface area contributed by atoms with E-state index in [1.54, 1.807) is 31.5 Å². The zero-order valence-electron chi connectivity index (χ0n) is 24.2. The number of piperidine rings is 1. The third kappa shape index (κ3) is 7.39. The molecule has 2 heterocycles. The molecular weight excluding hydrogens is 551 g/mol. The van der Waals surface area contributed by atoms with Gasteiger partial charge in [0, 0.05) is 24.2 Å². The van der Waals surface area contributed by atoms with Crippen molar-refractivity contribution >= 4 is 28.4 Å². The van der Waals surface area contributed by atoms with E-state index in [9.17, 15) is 9.59 Å². The van der Waals surface area contributed by atoms with Crippen molar-refractivity contribution in [3.8, 4) is 23.0 Å². The number of pyridine rings is 1. The number of amides is 2. The smallest absolute Gasteiger partial charge is 0.313 e. The summed E-state index contributed by atoms with van der Waals surface area (Å²) in [6.45, 7) is 4.72. The third-order valence-electron chi connectivity index (χ3n) is 7.49. The lowest BCUT2D eigenvalue weighted by atomic mass is 9.99.